The van der Waals surface area contributed by atoms with E-state index in [1.807, 2.05) is 12.1 Å². The highest BCUT2D eigenvalue weighted by Gasteiger charge is 2.34. The van der Waals surface area contributed by atoms with Gasteiger partial charge in [0.2, 0.25) is 0 Å². The van der Waals surface area contributed by atoms with Gasteiger partial charge in [0.15, 0.2) is 0 Å². The first kappa shape index (κ1) is 13.2. The van der Waals surface area contributed by atoms with Crippen LogP contribution in [-0.2, 0) is 10.9 Å². The molecule has 0 spiro atoms. The summed E-state index contributed by atoms with van der Waals surface area (Å²) in [6, 6.07) is 5.25. The van der Waals surface area contributed by atoms with Crippen molar-refractivity contribution >= 4 is 5.57 Å². The zero-order valence-electron chi connectivity index (χ0n) is 10.6. The average Bonchev–Trinajstić information content (AvgIpc) is 2.75. The largest absolute Gasteiger partial charge is 0.416 e. The molecule has 1 aromatic rings. The Kier molecular flexibility index (Phi) is 3.06. The Morgan fingerprint density at radius 2 is 2.05 bits per heavy atom. The molecule has 1 saturated heterocycles. The number of fused-ring (bicyclic) bond motifs is 2. The summed E-state index contributed by atoms with van der Waals surface area (Å²) in [6.07, 6.45) is -0.0914. The van der Waals surface area contributed by atoms with Crippen molar-refractivity contribution in [2.45, 2.75) is 37.6 Å². The lowest BCUT2D eigenvalue weighted by molar-refractivity contribution is -0.137. The third-order valence-electron chi connectivity index (χ3n) is 3.79. The maximum absolute atomic E-state index is 12.8. The molecular weight excluding hydrogens is 267 g/mol. The molecule has 0 aliphatic carbocycles. The van der Waals surface area contributed by atoms with E-state index in [0.29, 0.717) is 12.0 Å². The van der Waals surface area contributed by atoms with Crippen molar-refractivity contribution in [3.05, 3.63) is 41.0 Å². The summed E-state index contributed by atoms with van der Waals surface area (Å²) in [5.41, 5.74) is 0.755. The van der Waals surface area contributed by atoms with Crippen molar-refractivity contribution in [1.29, 1.82) is 5.26 Å². The SMILES string of the molecule is N#Cc1ccc(C(F)(F)F)cc1C1=CC2CCC(C1)O2. The second-order valence-electron chi connectivity index (χ2n) is 5.14. The molecule has 0 radical (unpaired) electrons. The van der Waals surface area contributed by atoms with Gasteiger partial charge in [0.05, 0.1) is 29.4 Å². The second kappa shape index (κ2) is 4.64. The predicted molar refractivity (Wildman–Crippen MR) is 66.6 cm³/mol. The van der Waals surface area contributed by atoms with E-state index >= 15 is 0 Å². The monoisotopic (exact) mass is 279 g/mol. The van der Waals surface area contributed by atoms with E-state index in [-0.39, 0.29) is 17.8 Å². The summed E-state index contributed by atoms with van der Waals surface area (Å²) in [5, 5.41) is 9.10. The minimum absolute atomic E-state index is 0.0233. The Bertz CT molecular complexity index is 613. The molecule has 0 amide bonds. The topological polar surface area (TPSA) is 33.0 Å². The molecule has 0 saturated carbocycles. The Labute approximate surface area is 114 Å². The smallest absolute Gasteiger partial charge is 0.371 e. The Morgan fingerprint density at radius 3 is 2.70 bits per heavy atom. The van der Waals surface area contributed by atoms with E-state index in [4.69, 9.17) is 10.00 Å². The summed E-state index contributed by atoms with van der Waals surface area (Å²) < 4.78 is 44.1. The van der Waals surface area contributed by atoms with Gasteiger partial charge in [0.25, 0.3) is 0 Å². The van der Waals surface area contributed by atoms with E-state index in [1.54, 1.807) is 0 Å². The van der Waals surface area contributed by atoms with Crippen LogP contribution >= 0.6 is 0 Å². The van der Waals surface area contributed by atoms with Crippen LogP contribution in [0.5, 0.6) is 0 Å². The van der Waals surface area contributed by atoms with Gasteiger partial charge in [-0.2, -0.15) is 18.4 Å². The third-order valence-corrected chi connectivity index (χ3v) is 3.79. The molecule has 0 aromatic heterocycles. The number of nitriles is 1. The fourth-order valence-electron chi connectivity index (χ4n) is 2.83. The van der Waals surface area contributed by atoms with E-state index < -0.39 is 11.7 Å². The highest BCUT2D eigenvalue weighted by molar-refractivity contribution is 5.72. The van der Waals surface area contributed by atoms with Crippen molar-refractivity contribution in [3.8, 4) is 6.07 Å². The van der Waals surface area contributed by atoms with Crippen LogP contribution in [-0.4, -0.2) is 12.2 Å². The van der Waals surface area contributed by atoms with Crippen LogP contribution in [0.2, 0.25) is 0 Å². The molecule has 20 heavy (non-hydrogen) atoms. The van der Waals surface area contributed by atoms with Crippen LogP contribution in [0.4, 0.5) is 13.2 Å². The molecule has 2 aliphatic heterocycles. The zero-order chi connectivity index (χ0) is 14.3. The normalized spacial score (nSPS) is 25.2. The molecule has 2 unspecified atom stereocenters. The number of halogens is 3. The Hall–Kier alpha value is -1.80. The molecule has 2 heterocycles. The van der Waals surface area contributed by atoms with Crippen molar-refractivity contribution in [2.75, 3.05) is 0 Å². The Balaban J connectivity index is 2.06. The second-order valence-corrected chi connectivity index (χ2v) is 5.14. The quantitative estimate of drug-likeness (QED) is 0.780. The van der Waals surface area contributed by atoms with E-state index in [9.17, 15) is 13.2 Å². The fraction of sp³-hybridized carbons (Fsp3) is 0.400. The van der Waals surface area contributed by atoms with Crippen LogP contribution in [0, 0.1) is 11.3 Å². The lowest BCUT2D eigenvalue weighted by atomic mass is 9.93. The van der Waals surface area contributed by atoms with Gasteiger partial charge >= 0.3 is 6.18 Å². The number of alkyl halides is 3. The van der Waals surface area contributed by atoms with Crippen LogP contribution in [0.25, 0.3) is 5.57 Å². The standard InChI is InChI=1S/C15H12F3NO/c16-15(17,18)11-2-1-9(8-19)14(7-11)10-5-12-3-4-13(6-10)20-12/h1-2,5,7,12-13H,3-4,6H2. The van der Waals surface area contributed by atoms with Gasteiger partial charge in [0.1, 0.15) is 0 Å². The Morgan fingerprint density at radius 1 is 1.25 bits per heavy atom. The molecule has 3 rings (SSSR count). The van der Waals surface area contributed by atoms with Crippen molar-refractivity contribution in [3.63, 3.8) is 0 Å². The number of benzene rings is 1. The summed E-state index contributed by atoms with van der Waals surface area (Å²) in [6.45, 7) is 0. The van der Waals surface area contributed by atoms with Gasteiger partial charge in [-0.05, 0) is 48.6 Å². The molecule has 2 atom stereocenters. The van der Waals surface area contributed by atoms with Crippen LogP contribution in [0.1, 0.15) is 36.0 Å². The van der Waals surface area contributed by atoms with Gasteiger partial charge in [-0.1, -0.05) is 6.08 Å². The first-order valence-corrected chi connectivity index (χ1v) is 6.45. The van der Waals surface area contributed by atoms with E-state index in [1.165, 1.54) is 6.07 Å². The maximum atomic E-state index is 12.8. The highest BCUT2D eigenvalue weighted by Crippen LogP contribution is 2.39. The molecular formula is C15H12F3NO. The first-order chi connectivity index (χ1) is 9.47. The number of ether oxygens (including phenoxy) is 1. The molecule has 2 nitrogen and oxygen atoms in total. The molecule has 1 fully saturated rings. The number of hydrogen-bond donors (Lipinski definition) is 0. The molecule has 0 N–H and O–H groups in total. The highest BCUT2D eigenvalue weighted by atomic mass is 19.4. The van der Waals surface area contributed by atoms with E-state index in [0.717, 1.165) is 30.5 Å². The van der Waals surface area contributed by atoms with Crippen molar-refractivity contribution in [1.82, 2.24) is 0 Å². The first-order valence-electron chi connectivity index (χ1n) is 6.45. The molecule has 5 heteroatoms. The number of nitrogens with zero attached hydrogens (tertiary/aromatic N) is 1. The van der Waals surface area contributed by atoms with Gasteiger partial charge in [-0.15, -0.1) is 0 Å². The van der Waals surface area contributed by atoms with Crippen LogP contribution in [0.15, 0.2) is 24.3 Å². The number of rotatable bonds is 1. The lowest BCUT2D eigenvalue weighted by Crippen LogP contribution is -2.16. The van der Waals surface area contributed by atoms with Gasteiger partial charge in [0, 0.05) is 0 Å². The summed E-state index contributed by atoms with van der Waals surface area (Å²) >= 11 is 0. The summed E-state index contributed by atoms with van der Waals surface area (Å²) in [4.78, 5) is 0. The fourth-order valence-corrected chi connectivity index (χ4v) is 2.83. The van der Waals surface area contributed by atoms with Gasteiger partial charge in [-0.3, -0.25) is 0 Å². The van der Waals surface area contributed by atoms with Crippen LogP contribution in [0.3, 0.4) is 0 Å². The van der Waals surface area contributed by atoms with Crippen molar-refractivity contribution < 1.29 is 17.9 Å². The van der Waals surface area contributed by atoms with Gasteiger partial charge < -0.3 is 4.74 Å². The minimum Gasteiger partial charge on any atom is -0.371 e. The summed E-state index contributed by atoms with van der Waals surface area (Å²) in [5.74, 6) is 0. The molecule has 2 aliphatic rings. The number of hydrogen-bond acceptors (Lipinski definition) is 2. The predicted octanol–water partition coefficient (Wildman–Crippen LogP) is 3.91. The lowest BCUT2D eigenvalue weighted by Gasteiger charge is -2.22. The molecule has 2 bridgehead atoms. The molecule has 104 valence electrons. The van der Waals surface area contributed by atoms with E-state index in [2.05, 4.69) is 0 Å². The summed E-state index contributed by atoms with van der Waals surface area (Å²) in [7, 11) is 0. The third kappa shape index (κ3) is 2.32. The van der Waals surface area contributed by atoms with Crippen LogP contribution < -0.4 is 0 Å². The average molecular weight is 279 g/mol. The minimum atomic E-state index is -4.40. The van der Waals surface area contributed by atoms with Gasteiger partial charge in [-0.25, -0.2) is 0 Å². The maximum Gasteiger partial charge on any atom is 0.416 e. The molecule has 1 aromatic carbocycles. The zero-order valence-corrected chi connectivity index (χ0v) is 10.6. The van der Waals surface area contributed by atoms with Crippen molar-refractivity contribution in [2.24, 2.45) is 0 Å².